The zero-order chi connectivity index (χ0) is 4.28. The summed E-state index contributed by atoms with van der Waals surface area (Å²) >= 11 is 0. The van der Waals surface area contributed by atoms with E-state index >= 15 is 0 Å². The molecule has 0 aromatic rings. The van der Waals surface area contributed by atoms with E-state index in [4.69, 9.17) is 5.11 Å². The van der Waals surface area contributed by atoms with Crippen molar-refractivity contribution in [3.05, 3.63) is 12.3 Å². The lowest BCUT2D eigenvalue weighted by atomic mass is 10.4. The molecular weight excluding hydrogens is 64.0 g/mol. The molecule has 0 aliphatic heterocycles. The Morgan fingerprint density at radius 2 is 2.20 bits per heavy atom. The zero-order valence-electron chi connectivity index (χ0n) is 3.36. The molecule has 0 atom stereocenters. The van der Waals surface area contributed by atoms with E-state index < -0.39 is 0 Å². The maximum atomic E-state index is 8.17. The zero-order valence-corrected chi connectivity index (χ0v) is 3.36. The molecule has 0 spiro atoms. The molecule has 0 bridgehead atoms. The molecule has 0 rings (SSSR count). The highest BCUT2D eigenvalue weighted by Crippen LogP contribution is 1.84. The van der Waals surface area contributed by atoms with E-state index in [1.165, 1.54) is 0 Å². The fraction of sp³-hybridized carbons (Fsp3) is 0.500. The van der Waals surface area contributed by atoms with E-state index in [0.717, 1.165) is 0 Å². The maximum absolute atomic E-state index is 8.17. The number of allylic oxidation sites excluding steroid dienone is 1. The molecule has 0 radical (unpaired) electrons. The van der Waals surface area contributed by atoms with Crippen LogP contribution < -0.4 is 0 Å². The largest absolute Gasteiger partial charge is 0.513 e. The predicted octanol–water partition coefficient (Wildman–Crippen LogP) is 1.47. The summed E-state index contributed by atoms with van der Waals surface area (Å²) in [5, 5.41) is 8.17. The van der Waals surface area contributed by atoms with Gasteiger partial charge in [-0.3, -0.25) is 0 Å². The molecule has 0 aliphatic carbocycles. The Bertz CT molecular complexity index is 38.9. The van der Waals surface area contributed by atoms with Crippen LogP contribution in [0.3, 0.4) is 0 Å². The summed E-state index contributed by atoms with van der Waals surface area (Å²) in [5.74, 6) is 0.255. The molecule has 0 saturated carbocycles. The summed E-state index contributed by atoms with van der Waals surface area (Å²) in [4.78, 5) is 0. The van der Waals surface area contributed by atoms with Crippen LogP contribution in [0.2, 0.25) is 0 Å². The minimum absolute atomic E-state index is 0.255. The highest BCUT2D eigenvalue weighted by molar-refractivity contribution is 4.74. The van der Waals surface area contributed by atoms with Crippen molar-refractivity contribution in [2.75, 3.05) is 0 Å². The number of rotatable bonds is 1. The Hall–Kier alpha value is -0.460. The van der Waals surface area contributed by atoms with Crippen molar-refractivity contribution in [1.82, 2.24) is 0 Å². The Labute approximate surface area is 31.9 Å². The van der Waals surface area contributed by atoms with Crippen LogP contribution in [0.5, 0.6) is 0 Å². The minimum Gasteiger partial charge on any atom is -0.513 e. The molecule has 0 aromatic heterocycles. The van der Waals surface area contributed by atoms with E-state index in [1.54, 1.807) is 0 Å². The first-order valence-corrected chi connectivity index (χ1v) is 1.64. The normalized spacial score (nSPS) is 7.40. The summed E-state index contributed by atoms with van der Waals surface area (Å²) in [6.45, 7) is 5.08. The van der Waals surface area contributed by atoms with Crippen molar-refractivity contribution in [1.29, 1.82) is 0 Å². The van der Waals surface area contributed by atoms with Crippen molar-refractivity contribution in [2.24, 2.45) is 0 Å². The SMILES string of the molecule is C=C(O)CC. The van der Waals surface area contributed by atoms with Crippen LogP contribution in [0.25, 0.3) is 0 Å². The fourth-order valence-electron chi connectivity index (χ4n) is 0. The minimum atomic E-state index is 0.255. The van der Waals surface area contributed by atoms with Gasteiger partial charge in [-0.15, -0.1) is 0 Å². The van der Waals surface area contributed by atoms with Crippen LogP contribution in [-0.2, 0) is 0 Å². The molecule has 0 unspecified atom stereocenters. The van der Waals surface area contributed by atoms with E-state index in [-0.39, 0.29) is 5.76 Å². The van der Waals surface area contributed by atoms with Gasteiger partial charge in [0, 0.05) is 6.42 Å². The van der Waals surface area contributed by atoms with E-state index in [0.29, 0.717) is 6.42 Å². The Morgan fingerprint density at radius 3 is 2.20 bits per heavy atom. The van der Waals surface area contributed by atoms with Gasteiger partial charge in [0.25, 0.3) is 0 Å². The van der Waals surface area contributed by atoms with Gasteiger partial charge in [-0.2, -0.15) is 0 Å². The van der Waals surface area contributed by atoms with Crippen molar-refractivity contribution >= 4 is 0 Å². The van der Waals surface area contributed by atoms with E-state index in [2.05, 4.69) is 6.58 Å². The molecule has 0 saturated heterocycles. The standard InChI is InChI=1S/C4H8O/c1-3-4(2)5/h5H,2-3H2,1H3. The summed E-state index contributed by atoms with van der Waals surface area (Å²) in [7, 11) is 0. The van der Waals surface area contributed by atoms with Gasteiger partial charge in [-0.1, -0.05) is 13.5 Å². The van der Waals surface area contributed by atoms with Crippen molar-refractivity contribution in [2.45, 2.75) is 13.3 Å². The predicted molar refractivity (Wildman–Crippen MR) is 22.1 cm³/mol. The molecule has 30 valence electrons. The molecule has 0 heterocycles. The molecule has 1 nitrogen and oxygen atoms in total. The highest BCUT2D eigenvalue weighted by Gasteiger charge is 1.70. The van der Waals surface area contributed by atoms with Crippen molar-refractivity contribution in [3.63, 3.8) is 0 Å². The van der Waals surface area contributed by atoms with Gasteiger partial charge in [0.15, 0.2) is 0 Å². The lowest BCUT2D eigenvalue weighted by Crippen LogP contribution is -1.66. The van der Waals surface area contributed by atoms with E-state index in [1.807, 2.05) is 6.92 Å². The molecular formula is C4H8O. The van der Waals surface area contributed by atoms with Crippen LogP contribution in [0.1, 0.15) is 13.3 Å². The second-order valence-corrected chi connectivity index (χ2v) is 0.920. The van der Waals surface area contributed by atoms with Crippen LogP contribution in [0, 0.1) is 0 Å². The van der Waals surface area contributed by atoms with Crippen LogP contribution in [0.15, 0.2) is 12.3 Å². The van der Waals surface area contributed by atoms with Gasteiger partial charge in [-0.25, -0.2) is 0 Å². The summed E-state index contributed by atoms with van der Waals surface area (Å²) in [6.07, 6.45) is 0.667. The third kappa shape index (κ3) is 3.54. The van der Waals surface area contributed by atoms with E-state index in [9.17, 15) is 0 Å². The number of aliphatic hydroxyl groups is 1. The van der Waals surface area contributed by atoms with Gasteiger partial charge in [0.1, 0.15) is 0 Å². The summed E-state index contributed by atoms with van der Waals surface area (Å²) in [5.41, 5.74) is 0. The summed E-state index contributed by atoms with van der Waals surface area (Å²) < 4.78 is 0. The average molecular weight is 72.1 g/mol. The quantitative estimate of drug-likeness (QED) is 0.465. The average Bonchev–Trinajstić information content (AvgIpc) is 1.38. The van der Waals surface area contributed by atoms with Gasteiger partial charge < -0.3 is 5.11 Å². The van der Waals surface area contributed by atoms with Gasteiger partial charge >= 0.3 is 0 Å². The second-order valence-electron chi connectivity index (χ2n) is 0.920. The lowest BCUT2D eigenvalue weighted by Gasteiger charge is -1.80. The fourth-order valence-corrected chi connectivity index (χ4v) is 0. The second kappa shape index (κ2) is 1.82. The Kier molecular flexibility index (Phi) is 1.65. The topological polar surface area (TPSA) is 20.2 Å². The molecule has 5 heavy (non-hydrogen) atoms. The molecule has 0 aliphatic rings. The summed E-state index contributed by atoms with van der Waals surface area (Å²) in [6, 6.07) is 0. The van der Waals surface area contributed by atoms with Crippen LogP contribution >= 0.6 is 0 Å². The molecule has 1 heteroatoms. The Morgan fingerprint density at radius 1 is 2.00 bits per heavy atom. The molecule has 0 aromatic carbocycles. The van der Waals surface area contributed by atoms with Gasteiger partial charge in [0.05, 0.1) is 5.76 Å². The third-order valence-corrected chi connectivity index (χ3v) is 0.408. The van der Waals surface area contributed by atoms with Crippen molar-refractivity contribution in [3.8, 4) is 0 Å². The first-order valence-electron chi connectivity index (χ1n) is 1.64. The lowest BCUT2D eigenvalue weighted by molar-refractivity contribution is 0.397. The highest BCUT2D eigenvalue weighted by atomic mass is 16.3. The first-order chi connectivity index (χ1) is 2.27. The number of hydrogen-bond acceptors (Lipinski definition) is 1. The first kappa shape index (κ1) is 4.54. The third-order valence-electron chi connectivity index (χ3n) is 0.408. The molecule has 1 N–H and O–H groups in total. The van der Waals surface area contributed by atoms with Crippen LogP contribution in [0.4, 0.5) is 0 Å². The van der Waals surface area contributed by atoms with Crippen molar-refractivity contribution < 1.29 is 5.11 Å². The number of aliphatic hydroxyl groups excluding tert-OH is 1. The Balaban J connectivity index is 2.85. The van der Waals surface area contributed by atoms with Gasteiger partial charge in [-0.05, 0) is 0 Å². The number of hydrogen-bond donors (Lipinski definition) is 1. The smallest absolute Gasteiger partial charge is 0.0848 e. The molecule has 0 fully saturated rings. The van der Waals surface area contributed by atoms with Crippen LogP contribution in [-0.4, -0.2) is 5.11 Å². The molecule has 0 amide bonds. The monoisotopic (exact) mass is 72.1 g/mol. The maximum Gasteiger partial charge on any atom is 0.0848 e. The van der Waals surface area contributed by atoms with Gasteiger partial charge in [0.2, 0.25) is 0 Å².